The Kier molecular flexibility index (Phi) is 7.44. The van der Waals surface area contributed by atoms with Crippen molar-refractivity contribution in [2.24, 2.45) is 11.1 Å². The van der Waals surface area contributed by atoms with Crippen molar-refractivity contribution in [3.05, 3.63) is 35.4 Å². The molecule has 0 saturated carbocycles. The van der Waals surface area contributed by atoms with E-state index in [0.717, 1.165) is 32.1 Å². The Hall–Kier alpha value is -1.35. The maximum absolute atomic E-state index is 12.7. The van der Waals surface area contributed by atoms with Crippen molar-refractivity contribution < 1.29 is 4.79 Å². The van der Waals surface area contributed by atoms with Gasteiger partial charge < -0.3 is 11.1 Å². The van der Waals surface area contributed by atoms with E-state index < -0.39 is 5.41 Å². The van der Waals surface area contributed by atoms with Gasteiger partial charge in [-0.15, -0.1) is 0 Å². The van der Waals surface area contributed by atoms with Gasteiger partial charge in [-0.25, -0.2) is 0 Å². The molecule has 0 radical (unpaired) electrons. The second kappa shape index (κ2) is 8.83. The Morgan fingerprint density at radius 2 is 1.67 bits per heavy atom. The van der Waals surface area contributed by atoms with E-state index in [-0.39, 0.29) is 5.91 Å². The van der Waals surface area contributed by atoms with Crippen LogP contribution in [-0.4, -0.2) is 12.5 Å². The van der Waals surface area contributed by atoms with Crippen molar-refractivity contribution in [1.29, 1.82) is 0 Å². The molecular weight excluding hydrogens is 260 g/mol. The summed E-state index contributed by atoms with van der Waals surface area (Å²) in [6, 6.07) is 8.27. The largest absolute Gasteiger partial charge is 0.351 e. The minimum absolute atomic E-state index is 0.111. The SMILES string of the molecule is CCCC(CN)(CCC)C(=O)NCc1ccccc1CC. The number of hydrogen-bond donors (Lipinski definition) is 2. The maximum Gasteiger partial charge on any atom is 0.227 e. The highest BCUT2D eigenvalue weighted by atomic mass is 16.2. The molecule has 1 aromatic rings. The van der Waals surface area contributed by atoms with Crippen molar-refractivity contribution in [2.75, 3.05) is 6.54 Å². The summed E-state index contributed by atoms with van der Waals surface area (Å²) < 4.78 is 0. The highest BCUT2D eigenvalue weighted by molar-refractivity contribution is 5.82. The highest BCUT2D eigenvalue weighted by Gasteiger charge is 2.34. The van der Waals surface area contributed by atoms with E-state index in [1.54, 1.807) is 0 Å². The van der Waals surface area contributed by atoms with Crippen LogP contribution in [-0.2, 0) is 17.8 Å². The van der Waals surface area contributed by atoms with E-state index >= 15 is 0 Å². The Morgan fingerprint density at radius 3 is 2.14 bits per heavy atom. The van der Waals surface area contributed by atoms with Gasteiger partial charge in [0.15, 0.2) is 0 Å². The molecule has 0 heterocycles. The molecule has 0 aliphatic heterocycles. The summed E-state index contributed by atoms with van der Waals surface area (Å²) in [6.45, 7) is 7.38. The molecule has 118 valence electrons. The van der Waals surface area contributed by atoms with E-state index in [9.17, 15) is 4.79 Å². The van der Waals surface area contributed by atoms with Gasteiger partial charge in [0.1, 0.15) is 0 Å². The lowest BCUT2D eigenvalue weighted by Crippen LogP contribution is -2.45. The van der Waals surface area contributed by atoms with Gasteiger partial charge in [0, 0.05) is 13.1 Å². The summed E-state index contributed by atoms with van der Waals surface area (Å²) in [4.78, 5) is 12.7. The average Bonchev–Trinajstić information content (AvgIpc) is 2.52. The first kappa shape index (κ1) is 17.7. The van der Waals surface area contributed by atoms with Crippen molar-refractivity contribution in [2.45, 2.75) is 59.4 Å². The number of aryl methyl sites for hydroxylation is 1. The third-order valence-electron chi connectivity index (χ3n) is 4.27. The zero-order valence-corrected chi connectivity index (χ0v) is 13.7. The number of nitrogens with one attached hydrogen (secondary N) is 1. The molecule has 1 amide bonds. The molecule has 0 aliphatic carbocycles. The molecule has 3 nitrogen and oxygen atoms in total. The van der Waals surface area contributed by atoms with Crippen molar-refractivity contribution in [3.8, 4) is 0 Å². The number of benzene rings is 1. The van der Waals surface area contributed by atoms with Gasteiger partial charge in [-0.3, -0.25) is 4.79 Å². The first-order valence-corrected chi connectivity index (χ1v) is 8.18. The smallest absolute Gasteiger partial charge is 0.227 e. The summed E-state index contributed by atoms with van der Waals surface area (Å²) in [5.41, 5.74) is 8.04. The average molecular weight is 290 g/mol. The molecule has 0 bridgehead atoms. The number of hydrogen-bond acceptors (Lipinski definition) is 2. The van der Waals surface area contributed by atoms with Crippen LogP contribution < -0.4 is 11.1 Å². The van der Waals surface area contributed by atoms with E-state index in [2.05, 4.69) is 38.2 Å². The maximum atomic E-state index is 12.7. The molecule has 21 heavy (non-hydrogen) atoms. The first-order chi connectivity index (χ1) is 10.1. The third kappa shape index (κ3) is 4.57. The summed E-state index contributed by atoms with van der Waals surface area (Å²) in [5, 5.41) is 3.12. The Morgan fingerprint density at radius 1 is 1.10 bits per heavy atom. The lowest BCUT2D eigenvalue weighted by molar-refractivity contribution is -0.131. The van der Waals surface area contributed by atoms with Crippen LogP contribution in [0.2, 0.25) is 0 Å². The zero-order chi connectivity index (χ0) is 15.7. The minimum Gasteiger partial charge on any atom is -0.351 e. The van der Waals surface area contributed by atoms with Crippen molar-refractivity contribution in [1.82, 2.24) is 5.32 Å². The lowest BCUT2D eigenvalue weighted by Gasteiger charge is -2.30. The molecule has 0 saturated heterocycles. The highest BCUT2D eigenvalue weighted by Crippen LogP contribution is 2.29. The Bertz CT molecular complexity index is 437. The Balaban J connectivity index is 2.77. The van der Waals surface area contributed by atoms with Gasteiger partial charge in [0.25, 0.3) is 0 Å². The number of carbonyl (C=O) groups excluding carboxylic acids is 1. The fraction of sp³-hybridized carbons (Fsp3) is 0.611. The van der Waals surface area contributed by atoms with Gasteiger partial charge >= 0.3 is 0 Å². The molecule has 3 heteroatoms. The number of nitrogens with two attached hydrogens (primary N) is 1. The fourth-order valence-corrected chi connectivity index (χ4v) is 3.04. The van der Waals surface area contributed by atoms with E-state index in [4.69, 9.17) is 5.73 Å². The topological polar surface area (TPSA) is 55.1 Å². The molecule has 3 N–H and O–H groups in total. The first-order valence-electron chi connectivity index (χ1n) is 8.18. The standard InChI is InChI=1S/C18H30N2O/c1-4-11-18(14-19,12-5-2)17(21)20-13-16-10-8-7-9-15(16)6-3/h7-10H,4-6,11-14,19H2,1-3H3,(H,20,21). The van der Waals surface area contributed by atoms with Gasteiger partial charge in [-0.1, -0.05) is 57.9 Å². The van der Waals surface area contributed by atoms with Crippen LogP contribution in [0.15, 0.2) is 24.3 Å². The molecule has 0 atom stereocenters. The van der Waals surface area contributed by atoms with E-state index in [0.29, 0.717) is 13.1 Å². The normalized spacial score (nSPS) is 11.4. The second-order valence-electron chi connectivity index (χ2n) is 5.79. The molecule has 1 rings (SSSR count). The summed E-state index contributed by atoms with van der Waals surface area (Å²) in [5.74, 6) is 0.111. The molecule has 0 aromatic heterocycles. The zero-order valence-electron chi connectivity index (χ0n) is 13.7. The fourth-order valence-electron chi connectivity index (χ4n) is 3.04. The van der Waals surface area contributed by atoms with Gasteiger partial charge in [-0.05, 0) is 30.4 Å². The van der Waals surface area contributed by atoms with Gasteiger partial charge in [0.05, 0.1) is 5.41 Å². The van der Waals surface area contributed by atoms with Crippen molar-refractivity contribution in [3.63, 3.8) is 0 Å². The van der Waals surface area contributed by atoms with Crippen LogP contribution in [0.4, 0.5) is 0 Å². The molecule has 0 fully saturated rings. The summed E-state index contributed by atoms with van der Waals surface area (Å²) in [7, 11) is 0. The number of rotatable bonds is 9. The van der Waals surface area contributed by atoms with Gasteiger partial charge in [0.2, 0.25) is 5.91 Å². The second-order valence-corrected chi connectivity index (χ2v) is 5.79. The molecule has 0 aliphatic rings. The number of amides is 1. The summed E-state index contributed by atoms with van der Waals surface area (Å²) >= 11 is 0. The lowest BCUT2D eigenvalue weighted by atomic mass is 9.78. The van der Waals surface area contributed by atoms with Crippen LogP contribution in [0.25, 0.3) is 0 Å². The van der Waals surface area contributed by atoms with Crippen molar-refractivity contribution >= 4 is 5.91 Å². The monoisotopic (exact) mass is 290 g/mol. The van der Waals surface area contributed by atoms with Crippen LogP contribution in [0.1, 0.15) is 57.6 Å². The van der Waals surface area contributed by atoms with Crippen LogP contribution in [0.3, 0.4) is 0 Å². The van der Waals surface area contributed by atoms with Crippen LogP contribution >= 0.6 is 0 Å². The molecule has 1 aromatic carbocycles. The molecular formula is C18H30N2O. The molecule has 0 unspecified atom stereocenters. The quantitative estimate of drug-likeness (QED) is 0.732. The Labute approximate surface area is 129 Å². The van der Waals surface area contributed by atoms with E-state index in [1.165, 1.54) is 11.1 Å². The van der Waals surface area contributed by atoms with E-state index in [1.807, 2.05) is 12.1 Å². The van der Waals surface area contributed by atoms with Crippen LogP contribution in [0.5, 0.6) is 0 Å². The van der Waals surface area contributed by atoms with Gasteiger partial charge in [-0.2, -0.15) is 0 Å². The minimum atomic E-state index is -0.398. The predicted octanol–water partition coefficient (Wildman–Crippen LogP) is 3.41. The predicted molar refractivity (Wildman–Crippen MR) is 89.0 cm³/mol. The third-order valence-corrected chi connectivity index (χ3v) is 4.27. The van der Waals surface area contributed by atoms with Crippen LogP contribution in [0, 0.1) is 5.41 Å². The molecule has 0 spiro atoms. The number of carbonyl (C=O) groups is 1. The summed E-state index contributed by atoms with van der Waals surface area (Å²) in [6.07, 6.45) is 4.67.